The number of alkyl halides is 6. The van der Waals surface area contributed by atoms with Crippen LogP contribution in [0.25, 0.3) is 0 Å². The molecule has 0 radical (unpaired) electrons. The summed E-state index contributed by atoms with van der Waals surface area (Å²) >= 11 is 0. The molecule has 23 heavy (non-hydrogen) atoms. The maximum Gasteiger partial charge on any atom is 0.392 e. The van der Waals surface area contributed by atoms with Crippen LogP contribution in [0.1, 0.15) is 52.4 Å². The van der Waals surface area contributed by atoms with Crippen molar-refractivity contribution in [2.75, 3.05) is 18.9 Å². The van der Waals surface area contributed by atoms with Gasteiger partial charge >= 0.3 is 18.3 Å². The van der Waals surface area contributed by atoms with Crippen LogP contribution in [0.3, 0.4) is 0 Å². The number of carbonyl (C=O) groups is 1. The highest BCUT2D eigenvalue weighted by molar-refractivity contribution is 7.38. The quantitative estimate of drug-likeness (QED) is 0.225. The van der Waals surface area contributed by atoms with Gasteiger partial charge in [0.05, 0.1) is 18.9 Å². The number of halogens is 6. The molecule has 0 fully saturated rings. The molecule has 0 amide bonds. The number of hydrogen-bond acceptors (Lipinski definition) is 2. The second-order valence-corrected chi connectivity index (χ2v) is 6.07. The summed E-state index contributed by atoms with van der Waals surface area (Å²) in [6, 6.07) is 0. The molecule has 0 heterocycles. The molecule has 0 aromatic heterocycles. The molecule has 0 aromatic carbocycles. The SMILES string of the molecule is CCCCCCC(=O)OCCC.FC(F)(F)CPCC(F)(F)F. The standard InChI is InChI=1S/C10H20O2.C4H5F6P/c1-3-5-6-7-8-10(11)12-9-4-2;5-3(6,7)1-11-2-4(8,9)10/h3-9H2,1-2H3;11H,1-2H2. The number of rotatable bonds is 9. The Morgan fingerprint density at radius 1 is 0.870 bits per heavy atom. The molecule has 0 aliphatic carbocycles. The molecule has 0 unspecified atom stereocenters. The summed E-state index contributed by atoms with van der Waals surface area (Å²) in [4.78, 5) is 10.9. The van der Waals surface area contributed by atoms with Crippen molar-refractivity contribution in [1.29, 1.82) is 0 Å². The molecule has 0 bridgehead atoms. The molecule has 0 N–H and O–H groups in total. The molecule has 0 aliphatic rings. The maximum atomic E-state index is 11.3. The van der Waals surface area contributed by atoms with Crippen LogP contribution in [-0.2, 0) is 9.53 Å². The average molecular weight is 370 g/mol. The normalized spacial score (nSPS) is 11.7. The predicted octanol–water partition coefficient (Wildman–Crippen LogP) is 5.70. The first-order valence-corrected chi connectivity index (χ1v) is 8.93. The van der Waals surface area contributed by atoms with E-state index in [-0.39, 0.29) is 5.97 Å². The van der Waals surface area contributed by atoms with E-state index in [9.17, 15) is 31.1 Å². The minimum Gasteiger partial charge on any atom is -0.466 e. The third kappa shape index (κ3) is 26.7. The van der Waals surface area contributed by atoms with E-state index >= 15 is 0 Å². The first-order valence-electron chi connectivity index (χ1n) is 7.51. The minimum atomic E-state index is -4.47. The van der Waals surface area contributed by atoms with E-state index in [4.69, 9.17) is 4.74 Å². The Hall–Kier alpha value is -0.520. The van der Waals surface area contributed by atoms with Gasteiger partial charge < -0.3 is 4.74 Å². The van der Waals surface area contributed by atoms with E-state index in [2.05, 4.69) is 6.92 Å². The van der Waals surface area contributed by atoms with Crippen molar-refractivity contribution in [1.82, 2.24) is 0 Å². The lowest BCUT2D eigenvalue weighted by atomic mass is 10.2. The summed E-state index contributed by atoms with van der Waals surface area (Å²) in [6.45, 7) is 4.74. The third-order valence-corrected chi connectivity index (χ3v) is 3.65. The van der Waals surface area contributed by atoms with Crippen molar-refractivity contribution in [2.24, 2.45) is 0 Å². The highest BCUT2D eigenvalue weighted by Crippen LogP contribution is 2.30. The van der Waals surface area contributed by atoms with Gasteiger partial charge in [0.2, 0.25) is 0 Å². The molecule has 0 atom stereocenters. The van der Waals surface area contributed by atoms with Gasteiger partial charge in [-0.3, -0.25) is 4.79 Å². The Labute approximate surface area is 135 Å². The number of unbranched alkanes of at least 4 members (excludes halogenated alkanes) is 3. The summed E-state index contributed by atoms with van der Waals surface area (Å²) in [6.07, 6.45) is -5.54. The van der Waals surface area contributed by atoms with Crippen LogP contribution >= 0.6 is 8.58 Å². The molecule has 0 rings (SSSR count). The fourth-order valence-electron chi connectivity index (χ4n) is 1.33. The summed E-state index contributed by atoms with van der Waals surface area (Å²) in [7, 11) is -1.11. The van der Waals surface area contributed by atoms with E-state index < -0.39 is 33.3 Å². The van der Waals surface area contributed by atoms with Gasteiger partial charge in [-0.25, -0.2) is 0 Å². The van der Waals surface area contributed by atoms with Gasteiger partial charge in [0.15, 0.2) is 0 Å². The maximum absolute atomic E-state index is 11.3. The van der Waals surface area contributed by atoms with Crippen molar-refractivity contribution >= 4 is 14.6 Å². The van der Waals surface area contributed by atoms with Crippen LogP contribution in [0, 0.1) is 0 Å². The van der Waals surface area contributed by atoms with Crippen molar-refractivity contribution < 1.29 is 35.9 Å². The second-order valence-electron chi connectivity index (χ2n) is 4.87. The van der Waals surface area contributed by atoms with Gasteiger partial charge in [0.25, 0.3) is 0 Å². The van der Waals surface area contributed by atoms with Crippen LogP contribution < -0.4 is 0 Å². The van der Waals surface area contributed by atoms with Gasteiger partial charge in [0, 0.05) is 6.42 Å². The third-order valence-electron chi connectivity index (χ3n) is 2.35. The van der Waals surface area contributed by atoms with E-state index in [1.54, 1.807) is 0 Å². The van der Waals surface area contributed by atoms with Crippen LogP contribution in [0.2, 0.25) is 0 Å². The lowest BCUT2D eigenvalue weighted by Crippen LogP contribution is -2.15. The molecule has 0 aliphatic heterocycles. The number of hydrogen-bond donors (Lipinski definition) is 0. The molecule has 140 valence electrons. The Balaban J connectivity index is 0. The largest absolute Gasteiger partial charge is 0.466 e. The summed E-state index contributed by atoms with van der Waals surface area (Å²) in [5, 5.41) is 0. The first kappa shape index (κ1) is 24.7. The fourth-order valence-corrected chi connectivity index (χ4v) is 2.02. The highest BCUT2D eigenvalue weighted by atomic mass is 31.1. The van der Waals surface area contributed by atoms with Gasteiger partial charge in [-0.05, 0) is 12.8 Å². The summed E-state index contributed by atoms with van der Waals surface area (Å²) in [5.41, 5.74) is 0. The first-order chi connectivity index (χ1) is 10.5. The fraction of sp³-hybridized carbons (Fsp3) is 0.929. The summed E-state index contributed by atoms with van der Waals surface area (Å²) in [5.74, 6) is -0.0343. The second kappa shape index (κ2) is 13.9. The molecule has 2 nitrogen and oxygen atoms in total. The molecular weight excluding hydrogens is 345 g/mol. The van der Waals surface area contributed by atoms with Crippen molar-refractivity contribution in [3.8, 4) is 0 Å². The molecule has 9 heteroatoms. The van der Waals surface area contributed by atoms with Crippen LogP contribution in [0.4, 0.5) is 26.3 Å². The number of ether oxygens (including phenoxy) is 1. The summed E-state index contributed by atoms with van der Waals surface area (Å²) < 4.78 is 72.6. The van der Waals surface area contributed by atoms with E-state index in [1.807, 2.05) is 6.92 Å². The Bertz CT molecular complexity index is 278. The average Bonchev–Trinajstić information content (AvgIpc) is 2.39. The van der Waals surface area contributed by atoms with Crippen molar-refractivity contribution in [3.63, 3.8) is 0 Å². The molecule has 0 spiro atoms. The highest BCUT2D eigenvalue weighted by Gasteiger charge is 2.31. The zero-order valence-corrected chi connectivity index (χ0v) is 14.4. The minimum absolute atomic E-state index is 0.0343. The topological polar surface area (TPSA) is 26.3 Å². The number of carbonyl (C=O) groups excluding carboxylic acids is 1. The Morgan fingerprint density at radius 3 is 1.78 bits per heavy atom. The molecule has 0 saturated heterocycles. The molecule has 0 aromatic rings. The smallest absolute Gasteiger partial charge is 0.392 e. The van der Waals surface area contributed by atoms with Crippen LogP contribution in [-0.4, -0.2) is 37.3 Å². The molecule has 0 saturated carbocycles. The van der Waals surface area contributed by atoms with Crippen LogP contribution in [0.5, 0.6) is 0 Å². The van der Waals surface area contributed by atoms with E-state index in [0.717, 1.165) is 19.3 Å². The number of esters is 1. The van der Waals surface area contributed by atoms with Crippen molar-refractivity contribution in [2.45, 2.75) is 64.7 Å². The van der Waals surface area contributed by atoms with Crippen molar-refractivity contribution in [3.05, 3.63) is 0 Å². The van der Waals surface area contributed by atoms with Gasteiger partial charge in [-0.2, -0.15) is 26.3 Å². The zero-order valence-electron chi connectivity index (χ0n) is 13.4. The van der Waals surface area contributed by atoms with Gasteiger partial charge in [-0.15, -0.1) is 8.58 Å². The van der Waals surface area contributed by atoms with E-state index in [0.29, 0.717) is 13.0 Å². The monoisotopic (exact) mass is 370 g/mol. The Morgan fingerprint density at radius 2 is 1.39 bits per heavy atom. The predicted molar refractivity (Wildman–Crippen MR) is 80.2 cm³/mol. The zero-order chi connectivity index (χ0) is 18.4. The van der Waals surface area contributed by atoms with Gasteiger partial charge in [0.1, 0.15) is 0 Å². The lowest BCUT2D eigenvalue weighted by molar-refractivity contribution is -0.143. The van der Waals surface area contributed by atoms with Gasteiger partial charge in [-0.1, -0.05) is 33.1 Å². The Kier molecular flexibility index (Phi) is 14.9. The lowest BCUT2D eigenvalue weighted by Gasteiger charge is -2.07. The van der Waals surface area contributed by atoms with E-state index in [1.165, 1.54) is 12.8 Å². The molecular formula is C14H25F6O2P. The van der Waals surface area contributed by atoms with Crippen LogP contribution in [0.15, 0.2) is 0 Å².